The average molecular weight is 215 g/mol. The van der Waals surface area contributed by atoms with Gasteiger partial charge in [0.25, 0.3) is 0 Å². The third-order valence-electron chi connectivity index (χ3n) is 2.90. The molecule has 0 fully saturated rings. The molecule has 0 aliphatic heterocycles. The molecule has 2 heteroatoms. The van der Waals surface area contributed by atoms with Gasteiger partial charge in [-0.1, -0.05) is 31.2 Å². The molecule has 0 saturated heterocycles. The molecular weight excluding hydrogens is 198 g/mol. The van der Waals surface area contributed by atoms with E-state index in [2.05, 4.69) is 19.1 Å². The molecule has 0 amide bonds. The van der Waals surface area contributed by atoms with E-state index in [1.165, 1.54) is 5.56 Å². The number of benzene rings is 1. The summed E-state index contributed by atoms with van der Waals surface area (Å²) in [5, 5.41) is 0. The van der Waals surface area contributed by atoms with Crippen molar-refractivity contribution in [3.63, 3.8) is 0 Å². The van der Waals surface area contributed by atoms with Gasteiger partial charge in [0.1, 0.15) is 5.76 Å². The Morgan fingerprint density at radius 3 is 2.75 bits per heavy atom. The van der Waals surface area contributed by atoms with Crippen molar-refractivity contribution in [3.05, 3.63) is 59.0 Å². The smallest absolute Gasteiger partial charge is 0.127 e. The van der Waals surface area contributed by atoms with Crippen molar-refractivity contribution in [2.75, 3.05) is 0 Å². The highest BCUT2D eigenvalue weighted by Gasteiger charge is 2.14. The lowest BCUT2D eigenvalue weighted by atomic mass is 10.00. The molecule has 0 aliphatic rings. The first kappa shape index (κ1) is 11.0. The zero-order chi connectivity index (χ0) is 11.5. The van der Waals surface area contributed by atoms with Crippen molar-refractivity contribution in [1.29, 1.82) is 0 Å². The average Bonchev–Trinajstić information content (AvgIpc) is 2.74. The van der Waals surface area contributed by atoms with Gasteiger partial charge in [-0.25, -0.2) is 0 Å². The van der Waals surface area contributed by atoms with Crippen LogP contribution in [-0.2, 0) is 6.42 Å². The van der Waals surface area contributed by atoms with E-state index in [0.717, 1.165) is 23.3 Å². The fourth-order valence-corrected chi connectivity index (χ4v) is 1.86. The summed E-state index contributed by atoms with van der Waals surface area (Å²) in [4.78, 5) is 0. The van der Waals surface area contributed by atoms with Crippen molar-refractivity contribution >= 4 is 0 Å². The summed E-state index contributed by atoms with van der Waals surface area (Å²) in [7, 11) is 0. The Kier molecular flexibility index (Phi) is 3.11. The molecule has 0 radical (unpaired) electrons. The van der Waals surface area contributed by atoms with Crippen LogP contribution in [0.15, 0.2) is 41.0 Å². The van der Waals surface area contributed by atoms with Gasteiger partial charge in [0.15, 0.2) is 0 Å². The zero-order valence-electron chi connectivity index (χ0n) is 9.73. The first-order chi connectivity index (χ1) is 7.72. The van der Waals surface area contributed by atoms with E-state index in [-0.39, 0.29) is 6.04 Å². The summed E-state index contributed by atoms with van der Waals surface area (Å²) in [5.41, 5.74) is 9.71. The molecule has 84 valence electrons. The molecule has 0 aliphatic carbocycles. The highest BCUT2D eigenvalue weighted by Crippen LogP contribution is 2.24. The van der Waals surface area contributed by atoms with Gasteiger partial charge in [0.2, 0.25) is 0 Å². The van der Waals surface area contributed by atoms with Crippen molar-refractivity contribution in [2.24, 2.45) is 5.73 Å². The van der Waals surface area contributed by atoms with Crippen LogP contribution < -0.4 is 5.73 Å². The van der Waals surface area contributed by atoms with E-state index < -0.39 is 0 Å². The van der Waals surface area contributed by atoms with Gasteiger partial charge in [-0.05, 0) is 36.1 Å². The fraction of sp³-hybridized carbons (Fsp3) is 0.286. The van der Waals surface area contributed by atoms with Gasteiger partial charge in [-0.15, -0.1) is 0 Å². The summed E-state index contributed by atoms with van der Waals surface area (Å²) < 4.78 is 5.43. The summed E-state index contributed by atoms with van der Waals surface area (Å²) in [6.07, 6.45) is 2.71. The molecule has 1 heterocycles. The van der Waals surface area contributed by atoms with E-state index in [1.54, 1.807) is 6.26 Å². The number of hydrogen-bond donors (Lipinski definition) is 1. The van der Waals surface area contributed by atoms with Gasteiger partial charge in [0.05, 0.1) is 12.3 Å². The first-order valence-electron chi connectivity index (χ1n) is 5.60. The quantitative estimate of drug-likeness (QED) is 0.854. The molecule has 2 rings (SSSR count). The Hall–Kier alpha value is -1.54. The van der Waals surface area contributed by atoms with Crippen LogP contribution in [0.2, 0.25) is 0 Å². The van der Waals surface area contributed by atoms with Crippen LogP contribution in [0.5, 0.6) is 0 Å². The van der Waals surface area contributed by atoms with Gasteiger partial charge in [0, 0.05) is 0 Å². The van der Waals surface area contributed by atoms with E-state index >= 15 is 0 Å². The van der Waals surface area contributed by atoms with Gasteiger partial charge in [-0.3, -0.25) is 0 Å². The van der Waals surface area contributed by atoms with Crippen LogP contribution in [0.3, 0.4) is 0 Å². The molecule has 1 atom stereocenters. The second-order valence-electron chi connectivity index (χ2n) is 4.04. The van der Waals surface area contributed by atoms with Crippen LogP contribution in [0, 0.1) is 6.92 Å². The van der Waals surface area contributed by atoms with E-state index in [4.69, 9.17) is 10.2 Å². The number of nitrogens with two attached hydrogens (primary N) is 1. The predicted octanol–water partition coefficient (Wildman–Crippen LogP) is 3.20. The van der Waals surface area contributed by atoms with Gasteiger partial charge in [-0.2, -0.15) is 0 Å². The summed E-state index contributed by atoms with van der Waals surface area (Å²) in [6, 6.07) is 10.1. The fourth-order valence-electron chi connectivity index (χ4n) is 1.86. The zero-order valence-corrected chi connectivity index (χ0v) is 9.73. The lowest BCUT2D eigenvalue weighted by Crippen LogP contribution is -2.12. The van der Waals surface area contributed by atoms with Crippen LogP contribution in [0.25, 0.3) is 0 Å². The molecule has 1 aromatic carbocycles. The molecule has 2 aromatic rings. The van der Waals surface area contributed by atoms with E-state index in [9.17, 15) is 0 Å². The molecule has 0 bridgehead atoms. The largest absolute Gasteiger partial charge is 0.467 e. The minimum Gasteiger partial charge on any atom is -0.467 e. The second-order valence-corrected chi connectivity index (χ2v) is 4.04. The molecule has 1 unspecified atom stereocenters. The maximum absolute atomic E-state index is 6.19. The molecule has 0 saturated carbocycles. The predicted molar refractivity (Wildman–Crippen MR) is 65.3 cm³/mol. The van der Waals surface area contributed by atoms with Gasteiger partial charge >= 0.3 is 0 Å². The Balaban J connectivity index is 2.33. The van der Waals surface area contributed by atoms with Crippen LogP contribution in [0.1, 0.15) is 35.4 Å². The van der Waals surface area contributed by atoms with Crippen molar-refractivity contribution in [1.82, 2.24) is 0 Å². The highest BCUT2D eigenvalue weighted by molar-refractivity contribution is 5.33. The first-order valence-corrected chi connectivity index (χ1v) is 5.60. The summed E-state index contributed by atoms with van der Waals surface area (Å²) in [5.74, 6) is 0.855. The maximum Gasteiger partial charge on any atom is 0.127 e. The van der Waals surface area contributed by atoms with Crippen molar-refractivity contribution in [2.45, 2.75) is 26.3 Å². The van der Waals surface area contributed by atoms with Crippen molar-refractivity contribution in [3.8, 4) is 0 Å². The molecule has 0 spiro atoms. The number of aryl methyl sites for hydroxylation is 2. The van der Waals surface area contributed by atoms with Crippen molar-refractivity contribution < 1.29 is 4.42 Å². The number of furan rings is 1. The SMILES string of the molecule is CCc1cccc(C(N)c2occc2C)c1. The molecule has 2 N–H and O–H groups in total. The number of hydrogen-bond acceptors (Lipinski definition) is 2. The van der Waals surface area contributed by atoms with Crippen LogP contribution >= 0.6 is 0 Å². The van der Waals surface area contributed by atoms with E-state index in [1.807, 2.05) is 25.1 Å². The lowest BCUT2D eigenvalue weighted by Gasteiger charge is -2.11. The Bertz CT molecular complexity index is 473. The topological polar surface area (TPSA) is 39.2 Å². The minimum atomic E-state index is -0.165. The Labute approximate surface area is 96.1 Å². The Morgan fingerprint density at radius 1 is 1.31 bits per heavy atom. The molecule has 1 aromatic heterocycles. The molecular formula is C14H17NO. The maximum atomic E-state index is 6.19. The lowest BCUT2D eigenvalue weighted by molar-refractivity contribution is 0.487. The molecule has 16 heavy (non-hydrogen) atoms. The van der Waals surface area contributed by atoms with Crippen LogP contribution in [0.4, 0.5) is 0 Å². The normalized spacial score (nSPS) is 12.7. The van der Waals surface area contributed by atoms with E-state index in [0.29, 0.717) is 0 Å². The minimum absolute atomic E-state index is 0.165. The molecule has 2 nitrogen and oxygen atoms in total. The van der Waals surface area contributed by atoms with Crippen LogP contribution in [-0.4, -0.2) is 0 Å². The third kappa shape index (κ3) is 2.02. The summed E-state index contributed by atoms with van der Waals surface area (Å²) in [6.45, 7) is 4.16. The highest BCUT2D eigenvalue weighted by atomic mass is 16.3. The summed E-state index contributed by atoms with van der Waals surface area (Å²) >= 11 is 0. The number of rotatable bonds is 3. The Morgan fingerprint density at radius 2 is 2.12 bits per heavy atom. The second kappa shape index (κ2) is 4.54. The van der Waals surface area contributed by atoms with Gasteiger partial charge < -0.3 is 10.2 Å². The monoisotopic (exact) mass is 215 g/mol. The third-order valence-corrected chi connectivity index (χ3v) is 2.90. The standard InChI is InChI=1S/C14H17NO/c1-3-11-5-4-6-12(9-11)13(15)14-10(2)7-8-16-14/h4-9,13H,3,15H2,1-2H3.